The molecule has 3 aromatic rings. The number of hydrogen-bond acceptors (Lipinski definition) is 3. The molecule has 4 heteroatoms. The number of pyridine rings is 1. The number of aromatic nitrogens is 1. The molecule has 3 rings (SSSR count). The van der Waals surface area contributed by atoms with E-state index in [1.54, 1.807) is 19.4 Å². The fraction of sp³-hybridized carbons (Fsp3) is 0.0625. The van der Waals surface area contributed by atoms with Gasteiger partial charge in [0.15, 0.2) is 0 Å². The van der Waals surface area contributed by atoms with E-state index in [1.807, 2.05) is 36.4 Å². The van der Waals surface area contributed by atoms with Crippen molar-refractivity contribution in [3.05, 3.63) is 53.8 Å². The third-order valence-electron chi connectivity index (χ3n) is 3.29. The third kappa shape index (κ3) is 1.96. The minimum Gasteiger partial charge on any atom is -0.495 e. The molecule has 0 atom stereocenters. The number of nitrogens with zero attached hydrogens (tertiary/aromatic N) is 1. The normalized spacial score (nSPS) is 10.7. The van der Waals surface area contributed by atoms with Crippen LogP contribution in [0.15, 0.2) is 48.7 Å². The fourth-order valence-corrected chi connectivity index (χ4v) is 2.64. The first-order chi connectivity index (χ1) is 9.72. The number of rotatable bonds is 2. The molecule has 1 aromatic heterocycles. The molecule has 2 aromatic carbocycles. The minimum absolute atomic E-state index is 0.374. The molecule has 100 valence electrons. The number of ether oxygens (including phenoxy) is 1. The summed E-state index contributed by atoms with van der Waals surface area (Å²) in [5.74, 6) is 0.754. The highest BCUT2D eigenvalue weighted by molar-refractivity contribution is 6.33. The first-order valence-electron chi connectivity index (χ1n) is 6.18. The van der Waals surface area contributed by atoms with E-state index in [1.165, 1.54) is 0 Å². The van der Waals surface area contributed by atoms with Crippen LogP contribution in [0.1, 0.15) is 0 Å². The van der Waals surface area contributed by atoms with Crippen LogP contribution >= 0.6 is 11.6 Å². The molecule has 0 aliphatic carbocycles. The Hall–Kier alpha value is -2.26. The molecular formula is C16H13ClN2O. The van der Waals surface area contributed by atoms with Gasteiger partial charge >= 0.3 is 0 Å². The predicted molar refractivity (Wildman–Crippen MR) is 83.2 cm³/mol. The summed E-state index contributed by atoms with van der Waals surface area (Å²) in [6.07, 6.45) is 1.59. The van der Waals surface area contributed by atoms with Gasteiger partial charge in [-0.15, -0.1) is 0 Å². The largest absolute Gasteiger partial charge is 0.495 e. The highest BCUT2D eigenvalue weighted by Gasteiger charge is 2.15. The molecular weight excluding hydrogens is 272 g/mol. The minimum atomic E-state index is 0.374. The Bertz CT molecular complexity index is 766. The van der Waals surface area contributed by atoms with E-state index in [9.17, 15) is 0 Å². The van der Waals surface area contributed by atoms with Crippen LogP contribution in [0.2, 0.25) is 5.15 Å². The van der Waals surface area contributed by atoms with Gasteiger partial charge in [-0.3, -0.25) is 0 Å². The van der Waals surface area contributed by atoms with Crippen LogP contribution < -0.4 is 10.5 Å². The lowest BCUT2D eigenvalue weighted by molar-refractivity contribution is 0.421. The quantitative estimate of drug-likeness (QED) is 0.719. The first-order valence-corrected chi connectivity index (χ1v) is 6.56. The van der Waals surface area contributed by atoms with Crippen molar-refractivity contribution in [2.24, 2.45) is 0 Å². The summed E-state index contributed by atoms with van der Waals surface area (Å²) >= 11 is 6.20. The third-order valence-corrected chi connectivity index (χ3v) is 3.58. The van der Waals surface area contributed by atoms with Gasteiger partial charge < -0.3 is 10.5 Å². The van der Waals surface area contributed by atoms with E-state index >= 15 is 0 Å². The summed E-state index contributed by atoms with van der Waals surface area (Å²) in [5, 5.41) is 2.50. The summed E-state index contributed by atoms with van der Waals surface area (Å²) in [5.41, 5.74) is 8.18. The van der Waals surface area contributed by atoms with Crippen molar-refractivity contribution in [1.82, 2.24) is 4.98 Å². The van der Waals surface area contributed by atoms with Crippen molar-refractivity contribution in [3.8, 4) is 16.9 Å². The van der Waals surface area contributed by atoms with Gasteiger partial charge in [-0.25, -0.2) is 4.98 Å². The van der Waals surface area contributed by atoms with Crippen molar-refractivity contribution >= 4 is 28.1 Å². The summed E-state index contributed by atoms with van der Waals surface area (Å²) in [7, 11) is 1.64. The Morgan fingerprint density at radius 2 is 1.90 bits per heavy atom. The monoisotopic (exact) mass is 284 g/mol. The van der Waals surface area contributed by atoms with Crippen molar-refractivity contribution < 1.29 is 4.74 Å². The van der Waals surface area contributed by atoms with Crippen LogP contribution in [0.25, 0.3) is 21.9 Å². The zero-order valence-electron chi connectivity index (χ0n) is 10.9. The van der Waals surface area contributed by atoms with Crippen LogP contribution in [0, 0.1) is 0 Å². The van der Waals surface area contributed by atoms with Gasteiger partial charge in [-0.2, -0.15) is 0 Å². The number of hydrogen-bond donors (Lipinski definition) is 1. The van der Waals surface area contributed by atoms with Gasteiger partial charge in [0.2, 0.25) is 0 Å². The smallest absolute Gasteiger partial charge is 0.139 e. The molecule has 0 bridgehead atoms. The molecule has 3 nitrogen and oxygen atoms in total. The average Bonchev–Trinajstić information content (AvgIpc) is 2.46. The molecule has 0 radical (unpaired) electrons. The fourth-order valence-electron chi connectivity index (χ4n) is 2.38. The number of halogens is 1. The second-order valence-corrected chi connectivity index (χ2v) is 4.79. The second kappa shape index (κ2) is 5.02. The SMILES string of the molecule is COc1c(-c2c(N)ccnc2Cl)ccc2ccccc12. The van der Waals surface area contributed by atoms with E-state index in [4.69, 9.17) is 22.1 Å². The van der Waals surface area contributed by atoms with E-state index in [0.29, 0.717) is 16.4 Å². The van der Waals surface area contributed by atoms with Crippen molar-refractivity contribution in [2.75, 3.05) is 12.8 Å². The average molecular weight is 285 g/mol. The number of nitrogens with two attached hydrogens (primary N) is 1. The lowest BCUT2D eigenvalue weighted by Gasteiger charge is -2.14. The molecule has 0 aliphatic heterocycles. The van der Waals surface area contributed by atoms with Crippen LogP contribution in [-0.4, -0.2) is 12.1 Å². The Labute approximate surface area is 122 Å². The van der Waals surface area contributed by atoms with Gasteiger partial charge in [0.05, 0.1) is 7.11 Å². The van der Waals surface area contributed by atoms with Crippen molar-refractivity contribution in [2.45, 2.75) is 0 Å². The topological polar surface area (TPSA) is 48.1 Å². The molecule has 0 spiro atoms. The van der Waals surface area contributed by atoms with Crippen molar-refractivity contribution in [3.63, 3.8) is 0 Å². The lowest BCUT2D eigenvalue weighted by Crippen LogP contribution is -1.96. The van der Waals surface area contributed by atoms with E-state index in [0.717, 1.165) is 22.1 Å². The van der Waals surface area contributed by atoms with Crippen molar-refractivity contribution in [1.29, 1.82) is 0 Å². The number of anilines is 1. The zero-order valence-corrected chi connectivity index (χ0v) is 11.7. The molecule has 0 aliphatic rings. The van der Waals surface area contributed by atoms with E-state index in [-0.39, 0.29) is 0 Å². The molecule has 0 unspecified atom stereocenters. The summed E-state index contributed by atoms with van der Waals surface area (Å²) in [4.78, 5) is 4.10. The Morgan fingerprint density at radius 3 is 2.65 bits per heavy atom. The molecule has 2 N–H and O–H groups in total. The second-order valence-electron chi connectivity index (χ2n) is 4.43. The molecule has 0 amide bonds. The molecule has 1 heterocycles. The summed E-state index contributed by atoms with van der Waals surface area (Å²) in [6.45, 7) is 0. The molecule has 20 heavy (non-hydrogen) atoms. The maximum absolute atomic E-state index is 6.20. The molecule has 0 saturated heterocycles. The highest BCUT2D eigenvalue weighted by atomic mass is 35.5. The summed E-state index contributed by atoms with van der Waals surface area (Å²) in [6, 6.07) is 13.7. The maximum Gasteiger partial charge on any atom is 0.139 e. The number of benzene rings is 2. The van der Waals surface area contributed by atoms with Gasteiger partial charge in [0.25, 0.3) is 0 Å². The standard InChI is InChI=1S/C16H13ClN2O/c1-20-15-11-5-3-2-4-10(11)6-7-12(15)14-13(18)8-9-19-16(14)17/h2-9H,1H3,(H2,18,19). The summed E-state index contributed by atoms with van der Waals surface area (Å²) < 4.78 is 5.58. The Kier molecular flexibility index (Phi) is 3.20. The van der Waals surface area contributed by atoms with Gasteiger partial charge in [0, 0.05) is 28.4 Å². The maximum atomic E-state index is 6.20. The number of methoxy groups -OCH3 is 1. The lowest BCUT2D eigenvalue weighted by atomic mass is 9.99. The van der Waals surface area contributed by atoms with Gasteiger partial charge in [0.1, 0.15) is 10.9 Å². The van der Waals surface area contributed by atoms with Crippen LogP contribution in [0.5, 0.6) is 5.75 Å². The van der Waals surface area contributed by atoms with E-state index < -0.39 is 0 Å². The van der Waals surface area contributed by atoms with Gasteiger partial charge in [-0.05, 0) is 17.5 Å². The molecule has 0 saturated carbocycles. The number of fused-ring (bicyclic) bond motifs is 1. The van der Waals surface area contributed by atoms with Crippen LogP contribution in [0.3, 0.4) is 0 Å². The highest BCUT2D eigenvalue weighted by Crippen LogP contribution is 2.41. The molecule has 0 fully saturated rings. The predicted octanol–water partition coefficient (Wildman–Crippen LogP) is 4.15. The number of nitrogen functional groups attached to an aromatic ring is 1. The van der Waals surface area contributed by atoms with Gasteiger partial charge in [-0.1, -0.05) is 41.9 Å². The van der Waals surface area contributed by atoms with Crippen LogP contribution in [-0.2, 0) is 0 Å². The Morgan fingerprint density at radius 1 is 1.10 bits per heavy atom. The Balaban J connectivity index is 2.37. The van der Waals surface area contributed by atoms with E-state index in [2.05, 4.69) is 4.98 Å². The zero-order chi connectivity index (χ0) is 14.1. The first kappa shape index (κ1) is 12.8. The van der Waals surface area contributed by atoms with Crippen LogP contribution in [0.4, 0.5) is 5.69 Å².